The first-order chi connectivity index (χ1) is 10.7. The van der Waals surface area contributed by atoms with Crippen molar-refractivity contribution in [2.45, 2.75) is 26.8 Å². The first kappa shape index (κ1) is 16.5. The van der Waals surface area contributed by atoms with E-state index in [0.29, 0.717) is 12.5 Å². The molecule has 5 nitrogen and oxygen atoms in total. The van der Waals surface area contributed by atoms with Crippen molar-refractivity contribution in [3.05, 3.63) is 40.3 Å². The smallest absolute Gasteiger partial charge is 0.191 e. The van der Waals surface area contributed by atoms with Gasteiger partial charge in [0, 0.05) is 31.2 Å². The van der Waals surface area contributed by atoms with Gasteiger partial charge < -0.3 is 10.6 Å². The standard InChI is InChI=1S/C16H25N5S/c1-4-17-16(19-12-14-7-8-20-21(14)3)18-11-13(2)10-15-6-5-9-22-15/h5-9,13H,4,10-12H2,1-3H3,(H2,17,18,19). The van der Waals surface area contributed by atoms with Crippen molar-refractivity contribution >= 4 is 17.3 Å². The average molecular weight is 319 g/mol. The van der Waals surface area contributed by atoms with E-state index in [0.717, 1.165) is 31.2 Å². The summed E-state index contributed by atoms with van der Waals surface area (Å²) in [7, 11) is 1.94. The van der Waals surface area contributed by atoms with Crippen LogP contribution in [0.4, 0.5) is 0 Å². The van der Waals surface area contributed by atoms with Crippen LogP contribution in [-0.4, -0.2) is 28.8 Å². The average Bonchev–Trinajstić information content (AvgIpc) is 3.14. The molecular weight excluding hydrogens is 294 g/mol. The van der Waals surface area contributed by atoms with Gasteiger partial charge in [-0.2, -0.15) is 5.10 Å². The highest BCUT2D eigenvalue weighted by molar-refractivity contribution is 7.09. The Bertz CT molecular complexity index is 573. The zero-order valence-electron chi connectivity index (χ0n) is 13.5. The number of aliphatic imine (C=N–C) groups is 1. The van der Waals surface area contributed by atoms with Crippen LogP contribution in [0, 0.1) is 5.92 Å². The normalized spacial score (nSPS) is 13.1. The Labute approximate surface area is 136 Å². The van der Waals surface area contributed by atoms with Gasteiger partial charge in [-0.05, 0) is 36.8 Å². The molecule has 2 heterocycles. The molecular formula is C16H25N5S. The molecule has 6 heteroatoms. The molecule has 0 aliphatic carbocycles. The third kappa shape index (κ3) is 5.18. The fourth-order valence-corrected chi connectivity index (χ4v) is 3.04. The molecule has 0 aliphatic heterocycles. The van der Waals surface area contributed by atoms with E-state index in [1.807, 2.05) is 29.1 Å². The van der Waals surface area contributed by atoms with E-state index in [2.05, 4.69) is 52.1 Å². The zero-order valence-corrected chi connectivity index (χ0v) is 14.4. The summed E-state index contributed by atoms with van der Waals surface area (Å²) in [6.45, 7) is 6.74. The molecule has 0 saturated heterocycles. The van der Waals surface area contributed by atoms with Gasteiger partial charge in [0.15, 0.2) is 5.96 Å². The van der Waals surface area contributed by atoms with Gasteiger partial charge in [-0.25, -0.2) is 4.99 Å². The molecule has 0 aromatic carbocycles. The first-order valence-corrected chi connectivity index (χ1v) is 8.58. The SMILES string of the molecule is CCNC(=NCc1ccnn1C)NCC(C)Cc1cccs1. The molecule has 0 aliphatic rings. The van der Waals surface area contributed by atoms with Gasteiger partial charge >= 0.3 is 0 Å². The Morgan fingerprint density at radius 1 is 1.41 bits per heavy atom. The summed E-state index contributed by atoms with van der Waals surface area (Å²) in [4.78, 5) is 6.06. The maximum atomic E-state index is 4.62. The molecule has 0 fully saturated rings. The van der Waals surface area contributed by atoms with E-state index >= 15 is 0 Å². The molecule has 2 rings (SSSR count). The first-order valence-electron chi connectivity index (χ1n) is 7.70. The Hall–Kier alpha value is -1.82. The van der Waals surface area contributed by atoms with Crippen molar-refractivity contribution in [1.82, 2.24) is 20.4 Å². The van der Waals surface area contributed by atoms with Crippen LogP contribution in [0.1, 0.15) is 24.4 Å². The van der Waals surface area contributed by atoms with E-state index < -0.39 is 0 Å². The Morgan fingerprint density at radius 2 is 2.27 bits per heavy atom. The maximum absolute atomic E-state index is 4.62. The lowest BCUT2D eigenvalue weighted by Crippen LogP contribution is -2.39. The molecule has 2 N–H and O–H groups in total. The minimum atomic E-state index is 0.569. The largest absolute Gasteiger partial charge is 0.357 e. The van der Waals surface area contributed by atoms with Crippen molar-refractivity contribution in [3.8, 4) is 0 Å². The number of rotatable bonds is 7. The molecule has 0 saturated carbocycles. The molecule has 0 spiro atoms. The van der Waals surface area contributed by atoms with E-state index in [-0.39, 0.29) is 0 Å². The minimum absolute atomic E-state index is 0.569. The van der Waals surface area contributed by atoms with Gasteiger partial charge in [0.05, 0.1) is 12.2 Å². The topological polar surface area (TPSA) is 54.2 Å². The number of thiophene rings is 1. The summed E-state index contributed by atoms with van der Waals surface area (Å²) < 4.78 is 1.85. The van der Waals surface area contributed by atoms with Crippen molar-refractivity contribution in [2.75, 3.05) is 13.1 Å². The number of aryl methyl sites for hydroxylation is 1. The molecule has 1 atom stereocenters. The van der Waals surface area contributed by atoms with E-state index in [1.165, 1.54) is 4.88 Å². The van der Waals surface area contributed by atoms with Crippen LogP contribution >= 0.6 is 11.3 Å². The quantitative estimate of drug-likeness (QED) is 0.609. The number of nitrogens with zero attached hydrogens (tertiary/aromatic N) is 3. The van der Waals surface area contributed by atoms with E-state index in [4.69, 9.17) is 0 Å². The van der Waals surface area contributed by atoms with Crippen molar-refractivity contribution in [1.29, 1.82) is 0 Å². The van der Waals surface area contributed by atoms with Gasteiger partial charge in [0.2, 0.25) is 0 Å². The summed E-state index contributed by atoms with van der Waals surface area (Å²) >= 11 is 1.82. The summed E-state index contributed by atoms with van der Waals surface area (Å²) in [5.41, 5.74) is 1.10. The lowest BCUT2D eigenvalue weighted by Gasteiger charge is -2.15. The van der Waals surface area contributed by atoms with Crippen LogP contribution in [0.25, 0.3) is 0 Å². The molecule has 0 radical (unpaired) electrons. The fourth-order valence-electron chi connectivity index (χ4n) is 2.17. The number of hydrogen-bond donors (Lipinski definition) is 2. The number of hydrogen-bond acceptors (Lipinski definition) is 3. The van der Waals surface area contributed by atoms with Crippen molar-refractivity contribution < 1.29 is 0 Å². The van der Waals surface area contributed by atoms with Gasteiger partial charge in [0.1, 0.15) is 0 Å². The van der Waals surface area contributed by atoms with Crippen molar-refractivity contribution in [3.63, 3.8) is 0 Å². The molecule has 0 amide bonds. The molecule has 22 heavy (non-hydrogen) atoms. The Balaban J connectivity index is 1.84. The van der Waals surface area contributed by atoms with Gasteiger partial charge in [-0.15, -0.1) is 11.3 Å². The second-order valence-electron chi connectivity index (χ2n) is 5.41. The molecule has 120 valence electrons. The highest BCUT2D eigenvalue weighted by Crippen LogP contribution is 2.13. The number of guanidine groups is 1. The van der Waals surface area contributed by atoms with Gasteiger partial charge in [-0.3, -0.25) is 4.68 Å². The minimum Gasteiger partial charge on any atom is -0.357 e. The van der Waals surface area contributed by atoms with Gasteiger partial charge in [-0.1, -0.05) is 13.0 Å². The Morgan fingerprint density at radius 3 is 2.91 bits per heavy atom. The van der Waals surface area contributed by atoms with Crippen LogP contribution in [0.2, 0.25) is 0 Å². The molecule has 2 aromatic heterocycles. The van der Waals surface area contributed by atoms with Crippen LogP contribution in [0.3, 0.4) is 0 Å². The molecule has 1 unspecified atom stereocenters. The lowest BCUT2D eigenvalue weighted by atomic mass is 10.1. The number of aromatic nitrogens is 2. The zero-order chi connectivity index (χ0) is 15.8. The highest BCUT2D eigenvalue weighted by Gasteiger charge is 2.06. The fraction of sp³-hybridized carbons (Fsp3) is 0.500. The van der Waals surface area contributed by atoms with Crippen LogP contribution in [0.15, 0.2) is 34.8 Å². The molecule has 0 bridgehead atoms. The summed E-state index contributed by atoms with van der Waals surface area (Å²) in [6, 6.07) is 6.30. The number of nitrogens with one attached hydrogen (secondary N) is 2. The monoisotopic (exact) mass is 319 g/mol. The summed E-state index contributed by atoms with van der Waals surface area (Å²) in [5.74, 6) is 1.43. The lowest BCUT2D eigenvalue weighted by molar-refractivity contribution is 0.561. The van der Waals surface area contributed by atoms with E-state index in [9.17, 15) is 0 Å². The third-order valence-electron chi connectivity index (χ3n) is 3.41. The second kappa shape index (κ2) is 8.58. The van der Waals surface area contributed by atoms with Crippen molar-refractivity contribution in [2.24, 2.45) is 18.0 Å². The Kier molecular flexibility index (Phi) is 6.45. The van der Waals surface area contributed by atoms with E-state index in [1.54, 1.807) is 6.20 Å². The highest BCUT2D eigenvalue weighted by atomic mass is 32.1. The van der Waals surface area contributed by atoms with Crippen LogP contribution < -0.4 is 10.6 Å². The summed E-state index contributed by atoms with van der Waals surface area (Å²) in [6.07, 6.45) is 2.90. The molecule has 2 aromatic rings. The predicted molar refractivity (Wildman–Crippen MR) is 93.2 cm³/mol. The van der Waals surface area contributed by atoms with Crippen LogP contribution in [-0.2, 0) is 20.0 Å². The van der Waals surface area contributed by atoms with Crippen LogP contribution in [0.5, 0.6) is 0 Å². The predicted octanol–water partition coefficient (Wildman–Crippen LogP) is 2.42. The summed E-state index contributed by atoms with van der Waals surface area (Å²) in [5, 5.41) is 13.0. The second-order valence-corrected chi connectivity index (χ2v) is 6.44. The third-order valence-corrected chi connectivity index (χ3v) is 4.31. The maximum Gasteiger partial charge on any atom is 0.191 e. The van der Waals surface area contributed by atoms with Gasteiger partial charge in [0.25, 0.3) is 0 Å².